The second kappa shape index (κ2) is 7.21. The zero-order valence-corrected chi connectivity index (χ0v) is 16.2. The summed E-state index contributed by atoms with van der Waals surface area (Å²) in [5.74, 6) is -0.356. The topological polar surface area (TPSA) is 66.5 Å². The monoisotopic (exact) mass is 372 g/mol. The average Bonchev–Trinajstić information content (AvgIpc) is 3.06. The predicted molar refractivity (Wildman–Crippen MR) is 103 cm³/mol. The van der Waals surface area contributed by atoms with E-state index < -0.39 is 10.0 Å². The lowest BCUT2D eigenvalue weighted by molar-refractivity contribution is -0.116. The molecule has 0 fully saturated rings. The molecule has 0 saturated carbocycles. The molecule has 1 amide bonds. The van der Waals surface area contributed by atoms with Crippen LogP contribution in [0.15, 0.2) is 41.3 Å². The quantitative estimate of drug-likeness (QED) is 0.877. The van der Waals surface area contributed by atoms with E-state index in [9.17, 15) is 13.2 Å². The molecule has 1 N–H and O–H groups in total. The molecule has 0 aromatic heterocycles. The Balaban J connectivity index is 1.73. The molecule has 138 valence electrons. The van der Waals surface area contributed by atoms with Crippen molar-refractivity contribution in [2.75, 3.05) is 18.9 Å². The summed E-state index contributed by atoms with van der Waals surface area (Å²) in [6, 6.07) is 10.9. The summed E-state index contributed by atoms with van der Waals surface area (Å²) in [7, 11) is -2.26. The summed E-state index contributed by atoms with van der Waals surface area (Å²) in [5.41, 5.74) is 5.07. The number of likely N-dealkylation sites (N-methyl/N-ethyl adjacent to an activating group) is 1. The van der Waals surface area contributed by atoms with Crippen LogP contribution in [0.5, 0.6) is 0 Å². The molecule has 2 aromatic rings. The van der Waals surface area contributed by atoms with Crippen molar-refractivity contribution in [2.45, 2.75) is 38.0 Å². The lowest BCUT2D eigenvalue weighted by Crippen LogP contribution is -2.35. The summed E-state index contributed by atoms with van der Waals surface area (Å²) in [4.78, 5) is 12.6. The Bertz CT molecular complexity index is 952. The van der Waals surface area contributed by atoms with E-state index in [-0.39, 0.29) is 17.3 Å². The van der Waals surface area contributed by atoms with Crippen LogP contribution in [0, 0.1) is 13.8 Å². The Morgan fingerprint density at radius 1 is 1.12 bits per heavy atom. The van der Waals surface area contributed by atoms with E-state index in [2.05, 4.69) is 5.32 Å². The number of nitrogens with zero attached hydrogens (tertiary/aromatic N) is 1. The van der Waals surface area contributed by atoms with Gasteiger partial charge in [-0.05, 0) is 73.6 Å². The zero-order valence-electron chi connectivity index (χ0n) is 15.4. The van der Waals surface area contributed by atoms with Crippen LogP contribution in [-0.4, -0.2) is 32.2 Å². The van der Waals surface area contributed by atoms with Gasteiger partial charge in [0.1, 0.15) is 0 Å². The van der Waals surface area contributed by atoms with Gasteiger partial charge in [-0.2, -0.15) is 4.31 Å². The van der Waals surface area contributed by atoms with Crippen molar-refractivity contribution in [3.63, 3.8) is 0 Å². The average molecular weight is 372 g/mol. The minimum atomic E-state index is -3.69. The Kier molecular flexibility index (Phi) is 5.16. The Labute approximate surface area is 155 Å². The molecular formula is C20H24N2O3S. The predicted octanol–water partition coefficient (Wildman–Crippen LogP) is 3.05. The number of amides is 1. The van der Waals surface area contributed by atoms with Gasteiger partial charge >= 0.3 is 0 Å². The molecule has 5 nitrogen and oxygen atoms in total. The molecule has 6 heteroatoms. The number of nitrogens with one attached hydrogen (secondary N) is 1. The summed E-state index contributed by atoms with van der Waals surface area (Å²) in [6.45, 7) is 3.66. The number of carbonyl (C=O) groups excluding carboxylic acids is 1. The third-order valence-electron chi connectivity index (χ3n) is 5.02. The molecule has 0 atom stereocenters. The maximum atomic E-state index is 12.8. The third-order valence-corrected chi connectivity index (χ3v) is 6.82. The first-order chi connectivity index (χ1) is 12.3. The van der Waals surface area contributed by atoms with E-state index in [0.717, 1.165) is 40.3 Å². The summed E-state index contributed by atoms with van der Waals surface area (Å²) >= 11 is 0. The molecule has 0 unspecified atom stereocenters. The van der Waals surface area contributed by atoms with Crippen LogP contribution in [0.25, 0.3) is 0 Å². The molecule has 0 radical (unpaired) electrons. The van der Waals surface area contributed by atoms with Crippen molar-refractivity contribution in [1.29, 1.82) is 0 Å². The van der Waals surface area contributed by atoms with Gasteiger partial charge in [-0.1, -0.05) is 18.2 Å². The van der Waals surface area contributed by atoms with Crippen molar-refractivity contribution < 1.29 is 13.2 Å². The SMILES string of the molecule is Cc1cccc(NC(=O)CN(C)S(=O)(=O)c2ccc3c(c2)CCC3)c1C. The number of rotatable bonds is 5. The van der Waals surface area contributed by atoms with Gasteiger partial charge in [-0.15, -0.1) is 0 Å². The molecule has 0 bridgehead atoms. The summed E-state index contributed by atoms with van der Waals surface area (Å²) in [5, 5.41) is 2.80. The molecule has 0 heterocycles. The van der Waals surface area contributed by atoms with E-state index in [1.165, 1.54) is 12.6 Å². The highest BCUT2D eigenvalue weighted by atomic mass is 32.2. The number of aryl methyl sites for hydroxylation is 3. The van der Waals surface area contributed by atoms with E-state index in [0.29, 0.717) is 5.69 Å². The first-order valence-corrected chi connectivity index (χ1v) is 10.2. The third kappa shape index (κ3) is 3.66. The fourth-order valence-electron chi connectivity index (χ4n) is 3.25. The van der Waals surface area contributed by atoms with Gasteiger partial charge in [0.15, 0.2) is 0 Å². The molecule has 1 aliphatic rings. The lowest BCUT2D eigenvalue weighted by atomic mass is 10.1. The smallest absolute Gasteiger partial charge is 0.243 e. The summed E-state index contributed by atoms with van der Waals surface area (Å²) < 4.78 is 26.7. The zero-order chi connectivity index (χ0) is 18.9. The second-order valence-electron chi connectivity index (χ2n) is 6.84. The Morgan fingerprint density at radius 3 is 2.62 bits per heavy atom. The number of carbonyl (C=O) groups is 1. The number of anilines is 1. The van der Waals surface area contributed by atoms with Gasteiger partial charge in [-0.25, -0.2) is 8.42 Å². The standard InChI is InChI=1S/C20H24N2O3S/c1-14-6-4-9-19(15(14)2)21-20(23)13-22(3)26(24,25)18-11-10-16-7-5-8-17(16)12-18/h4,6,9-12H,5,7-8,13H2,1-3H3,(H,21,23). The van der Waals surface area contributed by atoms with Crippen molar-refractivity contribution in [3.05, 3.63) is 58.7 Å². The van der Waals surface area contributed by atoms with Crippen LogP contribution in [0.4, 0.5) is 5.69 Å². The van der Waals surface area contributed by atoms with Crippen LogP contribution in [0.2, 0.25) is 0 Å². The first-order valence-electron chi connectivity index (χ1n) is 8.73. The Morgan fingerprint density at radius 2 is 1.85 bits per heavy atom. The highest BCUT2D eigenvalue weighted by Crippen LogP contribution is 2.26. The van der Waals surface area contributed by atoms with E-state index >= 15 is 0 Å². The maximum Gasteiger partial charge on any atom is 0.243 e. The number of hydrogen-bond acceptors (Lipinski definition) is 3. The minimum Gasteiger partial charge on any atom is -0.325 e. The molecule has 0 aliphatic heterocycles. The highest BCUT2D eigenvalue weighted by molar-refractivity contribution is 7.89. The fourth-order valence-corrected chi connectivity index (χ4v) is 4.43. The number of benzene rings is 2. The van der Waals surface area contributed by atoms with E-state index in [1.807, 2.05) is 38.1 Å². The van der Waals surface area contributed by atoms with Crippen molar-refractivity contribution in [2.24, 2.45) is 0 Å². The maximum absolute atomic E-state index is 12.8. The normalized spacial score (nSPS) is 13.7. The second-order valence-corrected chi connectivity index (χ2v) is 8.89. The van der Waals surface area contributed by atoms with Gasteiger partial charge < -0.3 is 5.32 Å². The van der Waals surface area contributed by atoms with Gasteiger partial charge in [0, 0.05) is 12.7 Å². The van der Waals surface area contributed by atoms with Crippen molar-refractivity contribution in [3.8, 4) is 0 Å². The number of fused-ring (bicyclic) bond motifs is 1. The van der Waals surface area contributed by atoms with Gasteiger partial charge in [0.25, 0.3) is 0 Å². The van der Waals surface area contributed by atoms with Crippen LogP contribution in [0.3, 0.4) is 0 Å². The molecular weight excluding hydrogens is 348 g/mol. The van der Waals surface area contributed by atoms with Crippen LogP contribution < -0.4 is 5.32 Å². The van der Waals surface area contributed by atoms with Crippen molar-refractivity contribution >= 4 is 21.6 Å². The molecule has 3 rings (SSSR count). The molecule has 1 aliphatic carbocycles. The van der Waals surface area contributed by atoms with E-state index in [1.54, 1.807) is 12.1 Å². The largest absolute Gasteiger partial charge is 0.325 e. The molecule has 0 spiro atoms. The molecule has 0 saturated heterocycles. The summed E-state index contributed by atoms with van der Waals surface area (Å²) in [6.07, 6.45) is 2.98. The number of hydrogen-bond donors (Lipinski definition) is 1. The highest BCUT2D eigenvalue weighted by Gasteiger charge is 2.25. The van der Waals surface area contributed by atoms with Crippen molar-refractivity contribution in [1.82, 2.24) is 4.31 Å². The first kappa shape index (κ1) is 18.6. The van der Waals surface area contributed by atoms with Crippen LogP contribution in [0.1, 0.15) is 28.7 Å². The van der Waals surface area contributed by atoms with Gasteiger partial charge in [0.05, 0.1) is 11.4 Å². The Hall–Kier alpha value is -2.18. The molecule has 26 heavy (non-hydrogen) atoms. The van der Waals surface area contributed by atoms with Gasteiger partial charge in [-0.3, -0.25) is 4.79 Å². The van der Waals surface area contributed by atoms with Crippen LogP contribution in [-0.2, 0) is 27.7 Å². The lowest BCUT2D eigenvalue weighted by Gasteiger charge is -2.18. The number of sulfonamides is 1. The minimum absolute atomic E-state index is 0.229. The molecule has 2 aromatic carbocycles. The van der Waals surface area contributed by atoms with Crippen LogP contribution >= 0.6 is 0 Å². The van der Waals surface area contributed by atoms with Gasteiger partial charge in [0.2, 0.25) is 15.9 Å². The fraction of sp³-hybridized carbons (Fsp3) is 0.350. The van der Waals surface area contributed by atoms with E-state index in [4.69, 9.17) is 0 Å².